The number of hydrogen-bond acceptors (Lipinski definition) is 4. The number of thioether (sulfide) groups is 1. The van der Waals surface area contributed by atoms with Crippen LogP contribution in [-0.4, -0.2) is 16.8 Å². The van der Waals surface area contributed by atoms with Crippen molar-refractivity contribution < 1.29 is 18.0 Å². The van der Waals surface area contributed by atoms with Crippen LogP contribution < -0.4 is 16.0 Å². The molecule has 3 rings (SSSR count). The number of amides is 1. The zero-order valence-corrected chi connectivity index (χ0v) is 16.7. The van der Waals surface area contributed by atoms with Crippen LogP contribution in [-0.2, 0) is 6.54 Å². The van der Waals surface area contributed by atoms with Gasteiger partial charge >= 0.3 is 0 Å². The van der Waals surface area contributed by atoms with E-state index in [4.69, 9.17) is 16.6 Å². The molecule has 150 valence electrons. The molecule has 0 spiro atoms. The van der Waals surface area contributed by atoms with Crippen LogP contribution in [0.4, 0.5) is 20.2 Å². The average molecular weight is 434 g/mol. The Balaban J connectivity index is 1.60. The largest absolute Gasteiger partial charge is 0.467 e. The molecule has 0 fully saturated rings. The van der Waals surface area contributed by atoms with Crippen LogP contribution in [0.5, 0.6) is 0 Å². The first-order chi connectivity index (χ1) is 14.0. The summed E-state index contributed by atoms with van der Waals surface area (Å²) in [6, 6.07) is 16.9. The van der Waals surface area contributed by atoms with E-state index in [0.717, 1.165) is 0 Å². The van der Waals surface area contributed by atoms with Crippen molar-refractivity contribution in [1.82, 2.24) is 5.32 Å². The van der Waals surface area contributed by atoms with Gasteiger partial charge in [0.2, 0.25) is 0 Å². The topological polar surface area (TPSA) is 66.3 Å². The number of hydrogen-bond donors (Lipinski definition) is 3. The number of halogens is 2. The summed E-state index contributed by atoms with van der Waals surface area (Å²) < 4.78 is 30.0. The van der Waals surface area contributed by atoms with Gasteiger partial charge in [0.05, 0.1) is 24.1 Å². The highest BCUT2D eigenvalue weighted by Crippen LogP contribution is 2.26. The predicted octanol–water partition coefficient (Wildman–Crippen LogP) is 5.33. The molecule has 1 amide bonds. The van der Waals surface area contributed by atoms with Crippen molar-refractivity contribution in [2.24, 2.45) is 0 Å². The molecule has 0 aliphatic rings. The third-order valence-corrected chi connectivity index (χ3v) is 4.69. The maximum Gasteiger partial charge on any atom is 0.288 e. The van der Waals surface area contributed by atoms with Crippen LogP contribution in [0.3, 0.4) is 0 Å². The minimum absolute atomic E-state index is 0.269. The van der Waals surface area contributed by atoms with E-state index in [1.807, 2.05) is 0 Å². The second-order valence-corrected chi connectivity index (χ2v) is 7.26. The Morgan fingerprint density at radius 3 is 2.48 bits per heavy atom. The van der Waals surface area contributed by atoms with Crippen molar-refractivity contribution in [3.8, 4) is 0 Å². The van der Waals surface area contributed by atoms with E-state index < -0.39 is 5.76 Å². The lowest BCUT2D eigenvalue weighted by atomic mass is 10.1. The SMILES string of the molecule is O=C(NCc1ccco1)c1ccccc1NC(=S)Nc1ccc(SC(F)F)cc1. The van der Waals surface area contributed by atoms with Gasteiger partial charge in [-0.05, 0) is 60.7 Å². The minimum atomic E-state index is -2.47. The molecule has 0 unspecified atom stereocenters. The molecular weight excluding hydrogens is 416 g/mol. The second kappa shape index (κ2) is 10.0. The van der Waals surface area contributed by atoms with Gasteiger partial charge in [-0.1, -0.05) is 23.9 Å². The van der Waals surface area contributed by atoms with E-state index in [1.165, 1.54) is 0 Å². The van der Waals surface area contributed by atoms with Gasteiger partial charge < -0.3 is 20.4 Å². The molecule has 0 atom stereocenters. The molecule has 0 bridgehead atoms. The number of benzene rings is 2. The van der Waals surface area contributed by atoms with Crippen molar-refractivity contribution >= 4 is 46.4 Å². The molecule has 2 aromatic carbocycles. The van der Waals surface area contributed by atoms with Crippen molar-refractivity contribution in [3.63, 3.8) is 0 Å². The van der Waals surface area contributed by atoms with Crippen LogP contribution in [0.25, 0.3) is 0 Å². The first-order valence-electron chi connectivity index (χ1n) is 8.54. The standard InChI is InChI=1S/C20H17F2N3O2S2/c21-19(22)29-15-9-7-13(8-10-15)24-20(28)25-17-6-2-1-5-16(17)18(26)23-12-14-4-3-11-27-14/h1-11,19H,12H2,(H,23,26)(H2,24,25,28). The highest BCUT2D eigenvalue weighted by Gasteiger charge is 2.12. The predicted molar refractivity (Wildman–Crippen MR) is 114 cm³/mol. The van der Waals surface area contributed by atoms with Crippen LogP contribution in [0.2, 0.25) is 0 Å². The van der Waals surface area contributed by atoms with Crippen LogP contribution >= 0.6 is 24.0 Å². The second-order valence-electron chi connectivity index (χ2n) is 5.79. The normalized spacial score (nSPS) is 10.6. The van der Waals surface area contributed by atoms with E-state index in [2.05, 4.69) is 16.0 Å². The number of nitrogens with one attached hydrogen (secondary N) is 3. The lowest BCUT2D eigenvalue weighted by molar-refractivity contribution is 0.0949. The number of carbonyl (C=O) groups excluding carboxylic acids is 1. The van der Waals surface area contributed by atoms with Gasteiger partial charge in [0, 0.05) is 10.6 Å². The third-order valence-electron chi connectivity index (χ3n) is 3.76. The van der Waals surface area contributed by atoms with Gasteiger partial charge in [0.15, 0.2) is 5.11 Å². The Bertz CT molecular complexity index is 964. The first kappa shape index (κ1) is 20.8. The van der Waals surface area contributed by atoms with Crippen molar-refractivity contribution in [2.75, 3.05) is 10.6 Å². The fourth-order valence-corrected chi connectivity index (χ4v) is 3.20. The molecule has 9 heteroatoms. The average Bonchev–Trinajstić information content (AvgIpc) is 3.21. The van der Waals surface area contributed by atoms with E-state index in [-0.39, 0.29) is 17.6 Å². The Hall–Kier alpha value is -2.91. The third kappa shape index (κ3) is 6.30. The van der Waals surface area contributed by atoms with Crippen LogP contribution in [0.1, 0.15) is 16.1 Å². The first-order valence-corrected chi connectivity index (χ1v) is 9.82. The maximum atomic E-state index is 12.5. The fourth-order valence-electron chi connectivity index (χ4n) is 2.47. The molecule has 29 heavy (non-hydrogen) atoms. The van der Waals surface area contributed by atoms with Gasteiger partial charge in [-0.3, -0.25) is 4.79 Å². The van der Waals surface area contributed by atoms with Crippen molar-refractivity contribution in [2.45, 2.75) is 17.2 Å². The van der Waals surface area contributed by atoms with E-state index >= 15 is 0 Å². The lowest BCUT2D eigenvalue weighted by Crippen LogP contribution is -2.26. The summed E-state index contributed by atoms with van der Waals surface area (Å²) in [5, 5.41) is 9.01. The van der Waals surface area contributed by atoms with E-state index in [9.17, 15) is 13.6 Å². The van der Waals surface area contributed by atoms with Gasteiger partial charge in [-0.15, -0.1) is 0 Å². The zero-order chi connectivity index (χ0) is 20.6. The maximum absolute atomic E-state index is 12.5. The zero-order valence-electron chi connectivity index (χ0n) is 15.0. The molecule has 0 aliphatic heterocycles. The fraction of sp³-hybridized carbons (Fsp3) is 0.100. The molecule has 0 radical (unpaired) electrons. The molecule has 3 aromatic rings. The Kier molecular flexibility index (Phi) is 7.20. The van der Waals surface area contributed by atoms with Gasteiger partial charge in [-0.2, -0.15) is 8.78 Å². The number of anilines is 2. The Morgan fingerprint density at radius 2 is 1.79 bits per heavy atom. The van der Waals surface area contributed by atoms with Crippen LogP contribution in [0.15, 0.2) is 76.2 Å². The molecule has 5 nitrogen and oxygen atoms in total. The summed E-state index contributed by atoms with van der Waals surface area (Å²) in [5.41, 5.74) is 1.60. The van der Waals surface area contributed by atoms with Crippen LogP contribution in [0, 0.1) is 0 Å². The minimum Gasteiger partial charge on any atom is -0.467 e. The highest BCUT2D eigenvalue weighted by atomic mass is 32.2. The summed E-state index contributed by atoms with van der Waals surface area (Å²) in [5.74, 6) is -2.10. The van der Waals surface area contributed by atoms with Crippen molar-refractivity contribution in [3.05, 3.63) is 78.3 Å². The molecule has 1 heterocycles. The molecule has 3 N–H and O–H groups in total. The molecule has 0 aliphatic carbocycles. The summed E-state index contributed by atoms with van der Waals surface area (Å²) in [4.78, 5) is 13.0. The number of carbonyl (C=O) groups is 1. The number of rotatable bonds is 7. The monoisotopic (exact) mass is 433 g/mol. The Morgan fingerprint density at radius 1 is 1.03 bits per heavy atom. The van der Waals surface area contributed by atoms with Gasteiger partial charge in [0.1, 0.15) is 5.76 Å². The van der Waals surface area contributed by atoms with E-state index in [1.54, 1.807) is 66.9 Å². The highest BCUT2D eigenvalue weighted by molar-refractivity contribution is 7.99. The number of furan rings is 1. The summed E-state index contributed by atoms with van der Waals surface area (Å²) in [7, 11) is 0. The summed E-state index contributed by atoms with van der Waals surface area (Å²) in [6.07, 6.45) is 1.54. The molecule has 0 saturated heterocycles. The quantitative estimate of drug-likeness (QED) is 0.346. The Labute approximate surface area is 175 Å². The molecule has 1 aromatic heterocycles. The lowest BCUT2D eigenvalue weighted by Gasteiger charge is -2.14. The summed E-state index contributed by atoms with van der Waals surface area (Å²) >= 11 is 5.78. The van der Waals surface area contributed by atoms with Crippen molar-refractivity contribution in [1.29, 1.82) is 0 Å². The molecular formula is C20H17F2N3O2S2. The summed E-state index contributed by atoms with van der Waals surface area (Å²) in [6.45, 7) is 0.270. The molecule has 0 saturated carbocycles. The smallest absolute Gasteiger partial charge is 0.288 e. The number of para-hydroxylation sites is 1. The van der Waals surface area contributed by atoms with Gasteiger partial charge in [-0.25, -0.2) is 0 Å². The number of thiocarbonyl (C=S) groups is 1. The van der Waals surface area contributed by atoms with E-state index in [0.29, 0.717) is 39.4 Å². The number of alkyl halides is 2. The van der Waals surface area contributed by atoms with Gasteiger partial charge in [0.25, 0.3) is 11.7 Å².